The first kappa shape index (κ1) is 12.7. The van der Waals surface area contributed by atoms with E-state index in [1.807, 2.05) is 24.3 Å². The lowest BCUT2D eigenvalue weighted by Gasteiger charge is -2.04. The molecule has 1 aromatic carbocycles. The zero-order valence-corrected chi connectivity index (χ0v) is 9.15. The summed E-state index contributed by atoms with van der Waals surface area (Å²) in [6.45, 7) is 1.73. The molecule has 0 atom stereocenters. The number of aliphatic hydroxyl groups excluding tert-OH is 1. The van der Waals surface area contributed by atoms with E-state index >= 15 is 0 Å². The van der Waals surface area contributed by atoms with Crippen LogP contribution in [-0.2, 0) is 17.8 Å². The zero-order valence-electron chi connectivity index (χ0n) is 9.15. The van der Waals surface area contributed by atoms with Crippen LogP contribution < -0.4 is 5.32 Å². The summed E-state index contributed by atoms with van der Waals surface area (Å²) in [5, 5.41) is 20.4. The maximum absolute atomic E-state index is 10.5. The van der Waals surface area contributed by atoms with Gasteiger partial charge in [0.15, 0.2) is 0 Å². The van der Waals surface area contributed by atoms with Crippen molar-refractivity contribution < 1.29 is 15.0 Å². The number of aliphatic carboxylic acids is 1. The van der Waals surface area contributed by atoms with E-state index in [4.69, 9.17) is 10.2 Å². The van der Waals surface area contributed by atoms with Gasteiger partial charge in [-0.15, -0.1) is 0 Å². The second kappa shape index (κ2) is 6.98. The van der Waals surface area contributed by atoms with Crippen LogP contribution in [0.15, 0.2) is 24.3 Å². The van der Waals surface area contributed by atoms with Crippen molar-refractivity contribution in [3.05, 3.63) is 35.4 Å². The first-order valence-electron chi connectivity index (χ1n) is 5.33. The number of rotatable bonds is 7. The Balaban J connectivity index is 2.36. The monoisotopic (exact) mass is 223 g/mol. The summed E-state index contributed by atoms with van der Waals surface area (Å²) in [4.78, 5) is 10.5. The van der Waals surface area contributed by atoms with Crippen LogP contribution in [0.2, 0.25) is 0 Å². The molecule has 0 amide bonds. The van der Waals surface area contributed by atoms with Crippen LogP contribution in [0.1, 0.15) is 17.5 Å². The molecule has 0 radical (unpaired) electrons. The Morgan fingerprint density at radius 2 is 1.81 bits per heavy atom. The third kappa shape index (κ3) is 4.91. The van der Waals surface area contributed by atoms with E-state index < -0.39 is 5.97 Å². The molecule has 1 rings (SSSR count). The molecule has 16 heavy (non-hydrogen) atoms. The summed E-state index contributed by atoms with van der Waals surface area (Å²) in [6.07, 6.45) is 0.815. The van der Waals surface area contributed by atoms with E-state index in [0.29, 0.717) is 0 Å². The smallest absolute Gasteiger partial charge is 0.307 e. The van der Waals surface area contributed by atoms with Crippen molar-refractivity contribution in [2.45, 2.75) is 19.4 Å². The standard InChI is InChI=1S/C12H17NO3/c14-7-1-6-13-9-11-4-2-10(3-5-11)8-12(15)16/h2-5,13-14H,1,6-9H2,(H,15,16). The molecule has 4 nitrogen and oxygen atoms in total. The number of aliphatic hydroxyl groups is 1. The number of carboxylic acid groups (broad SMARTS) is 1. The highest BCUT2D eigenvalue weighted by Crippen LogP contribution is 2.05. The highest BCUT2D eigenvalue weighted by Gasteiger charge is 1.99. The predicted molar refractivity (Wildman–Crippen MR) is 61.2 cm³/mol. The molecule has 1 aromatic rings. The first-order valence-corrected chi connectivity index (χ1v) is 5.33. The van der Waals surface area contributed by atoms with Crippen molar-refractivity contribution in [2.75, 3.05) is 13.2 Å². The van der Waals surface area contributed by atoms with Crippen molar-refractivity contribution in [1.29, 1.82) is 0 Å². The Morgan fingerprint density at radius 1 is 1.19 bits per heavy atom. The van der Waals surface area contributed by atoms with Crippen molar-refractivity contribution >= 4 is 5.97 Å². The minimum atomic E-state index is -0.811. The van der Waals surface area contributed by atoms with Gasteiger partial charge in [-0.1, -0.05) is 24.3 Å². The molecule has 0 unspecified atom stereocenters. The summed E-state index contributed by atoms with van der Waals surface area (Å²) >= 11 is 0. The fourth-order valence-electron chi connectivity index (χ4n) is 1.39. The Labute approximate surface area is 94.9 Å². The minimum Gasteiger partial charge on any atom is -0.481 e. The number of hydrogen-bond donors (Lipinski definition) is 3. The van der Waals surface area contributed by atoms with Gasteiger partial charge in [0.25, 0.3) is 0 Å². The van der Waals surface area contributed by atoms with Gasteiger partial charge in [0, 0.05) is 13.2 Å². The SMILES string of the molecule is O=C(O)Cc1ccc(CNCCCO)cc1. The fraction of sp³-hybridized carbons (Fsp3) is 0.417. The van der Waals surface area contributed by atoms with Gasteiger partial charge in [0.05, 0.1) is 6.42 Å². The maximum atomic E-state index is 10.5. The third-order valence-electron chi connectivity index (χ3n) is 2.22. The second-order valence-corrected chi connectivity index (χ2v) is 3.64. The predicted octanol–water partition coefficient (Wildman–Crippen LogP) is 0.786. The van der Waals surface area contributed by atoms with Crippen LogP contribution in [0.4, 0.5) is 0 Å². The van der Waals surface area contributed by atoms with E-state index in [1.54, 1.807) is 0 Å². The second-order valence-electron chi connectivity index (χ2n) is 3.64. The normalized spacial score (nSPS) is 10.3. The quantitative estimate of drug-likeness (QED) is 0.598. The van der Waals surface area contributed by atoms with E-state index in [9.17, 15) is 4.79 Å². The van der Waals surface area contributed by atoms with Gasteiger partial charge in [-0.25, -0.2) is 0 Å². The lowest BCUT2D eigenvalue weighted by molar-refractivity contribution is -0.136. The largest absolute Gasteiger partial charge is 0.481 e. The van der Waals surface area contributed by atoms with Gasteiger partial charge in [-0.05, 0) is 24.1 Å². The van der Waals surface area contributed by atoms with Gasteiger partial charge in [-0.2, -0.15) is 0 Å². The van der Waals surface area contributed by atoms with Gasteiger partial charge < -0.3 is 15.5 Å². The summed E-state index contributed by atoms with van der Waals surface area (Å²) in [6, 6.07) is 7.50. The number of carbonyl (C=O) groups is 1. The number of nitrogens with one attached hydrogen (secondary N) is 1. The van der Waals surface area contributed by atoms with Gasteiger partial charge in [0.1, 0.15) is 0 Å². The Kier molecular flexibility index (Phi) is 5.53. The van der Waals surface area contributed by atoms with E-state index in [1.165, 1.54) is 0 Å². The van der Waals surface area contributed by atoms with Crippen molar-refractivity contribution in [2.24, 2.45) is 0 Å². The molecule has 0 aromatic heterocycles. The molecule has 0 aliphatic heterocycles. The molecule has 0 heterocycles. The van der Waals surface area contributed by atoms with E-state index in [-0.39, 0.29) is 13.0 Å². The molecule has 0 fully saturated rings. The van der Waals surface area contributed by atoms with Crippen LogP contribution in [0.25, 0.3) is 0 Å². The molecular weight excluding hydrogens is 206 g/mol. The average Bonchev–Trinajstić information content (AvgIpc) is 2.26. The summed E-state index contributed by atoms with van der Waals surface area (Å²) < 4.78 is 0. The molecule has 0 bridgehead atoms. The summed E-state index contributed by atoms with van der Waals surface area (Å²) in [7, 11) is 0. The first-order chi connectivity index (χ1) is 7.72. The Morgan fingerprint density at radius 3 is 2.38 bits per heavy atom. The van der Waals surface area contributed by atoms with Crippen molar-refractivity contribution in [3.63, 3.8) is 0 Å². The topological polar surface area (TPSA) is 69.6 Å². The highest BCUT2D eigenvalue weighted by atomic mass is 16.4. The molecule has 88 valence electrons. The highest BCUT2D eigenvalue weighted by molar-refractivity contribution is 5.70. The minimum absolute atomic E-state index is 0.0677. The number of hydrogen-bond acceptors (Lipinski definition) is 3. The Hall–Kier alpha value is -1.39. The van der Waals surface area contributed by atoms with Crippen LogP contribution in [0.5, 0.6) is 0 Å². The van der Waals surface area contributed by atoms with Crippen LogP contribution in [0, 0.1) is 0 Å². The lowest BCUT2D eigenvalue weighted by atomic mass is 10.1. The Bertz CT molecular complexity index is 322. The molecule has 0 aliphatic carbocycles. The van der Waals surface area contributed by atoms with Crippen LogP contribution >= 0.6 is 0 Å². The summed E-state index contributed by atoms with van der Waals surface area (Å²) in [5.41, 5.74) is 1.93. The molecular formula is C12H17NO3. The molecule has 0 saturated carbocycles. The molecule has 0 saturated heterocycles. The van der Waals surface area contributed by atoms with Gasteiger partial charge in [0.2, 0.25) is 0 Å². The third-order valence-corrected chi connectivity index (χ3v) is 2.22. The zero-order chi connectivity index (χ0) is 11.8. The lowest BCUT2D eigenvalue weighted by Crippen LogP contribution is -2.15. The van der Waals surface area contributed by atoms with Crippen LogP contribution in [-0.4, -0.2) is 29.3 Å². The number of benzene rings is 1. The maximum Gasteiger partial charge on any atom is 0.307 e. The molecule has 3 N–H and O–H groups in total. The van der Waals surface area contributed by atoms with E-state index in [2.05, 4.69) is 5.32 Å². The molecule has 0 spiro atoms. The van der Waals surface area contributed by atoms with Gasteiger partial charge in [-0.3, -0.25) is 4.79 Å². The van der Waals surface area contributed by atoms with Crippen LogP contribution in [0.3, 0.4) is 0 Å². The van der Waals surface area contributed by atoms with E-state index in [0.717, 1.165) is 30.6 Å². The molecule has 4 heteroatoms. The summed E-state index contributed by atoms with van der Waals surface area (Å²) in [5.74, 6) is -0.811. The van der Waals surface area contributed by atoms with Crippen molar-refractivity contribution in [1.82, 2.24) is 5.32 Å². The fourth-order valence-corrected chi connectivity index (χ4v) is 1.39. The molecule has 0 aliphatic rings. The number of carboxylic acids is 1. The van der Waals surface area contributed by atoms with Gasteiger partial charge >= 0.3 is 5.97 Å². The van der Waals surface area contributed by atoms with Crippen molar-refractivity contribution in [3.8, 4) is 0 Å². The average molecular weight is 223 g/mol.